The molecule has 14 rings (SSSR count). The molecule has 3 aromatic heterocycles. The van der Waals surface area contributed by atoms with E-state index in [1.807, 2.05) is 53.1 Å². The Kier molecular flexibility index (Phi) is 6.62. The third kappa shape index (κ3) is 7.99. The quantitative estimate of drug-likeness (QED) is 0.118. The molecule has 0 saturated heterocycles. The van der Waals surface area contributed by atoms with Crippen molar-refractivity contribution in [3.63, 3.8) is 0 Å². The van der Waals surface area contributed by atoms with Crippen LogP contribution in [0, 0.1) is 33.7 Å². The van der Waals surface area contributed by atoms with E-state index in [0.29, 0.717) is 11.6 Å². The van der Waals surface area contributed by atoms with E-state index in [0.717, 1.165) is 51.6 Å². The van der Waals surface area contributed by atoms with Gasteiger partial charge in [0.15, 0.2) is 0 Å². The first-order valence-corrected chi connectivity index (χ1v) is 25.3. The van der Waals surface area contributed by atoms with Gasteiger partial charge in [0.1, 0.15) is 17.3 Å². The van der Waals surface area contributed by atoms with Crippen LogP contribution in [0.1, 0.15) is 82.9 Å². The van der Waals surface area contributed by atoms with Gasteiger partial charge in [-0.05, 0) is 194 Å². The molecule has 0 N–H and O–H groups in total. The number of benzene rings is 10. The Bertz CT molecular complexity index is 5780. The maximum absolute atomic E-state index is 10.2. The van der Waals surface area contributed by atoms with E-state index >= 15 is 0 Å². The maximum Gasteiger partial charge on any atom is 0.269 e. The number of nitrogens with zero attached hydrogens (tertiary/aromatic N) is 4. The Hall–Kier alpha value is -9.58. The second-order valence-corrected chi connectivity index (χ2v) is 20.3. The molecule has 0 saturated carbocycles. The van der Waals surface area contributed by atoms with Gasteiger partial charge in [0.2, 0.25) is 0 Å². The number of pyridine rings is 1. The van der Waals surface area contributed by atoms with Crippen molar-refractivity contribution in [2.45, 2.75) is 53.6 Å². The zero-order chi connectivity index (χ0) is 75.0. The fourth-order valence-corrected chi connectivity index (χ4v) is 10.9. The fourth-order valence-electron chi connectivity index (χ4n) is 10.9. The van der Waals surface area contributed by atoms with Gasteiger partial charge in [-0.3, -0.25) is 13.7 Å². The first kappa shape index (κ1) is 28.2. The van der Waals surface area contributed by atoms with Crippen LogP contribution < -0.4 is 9.30 Å². The lowest BCUT2D eigenvalue weighted by Gasteiger charge is -2.23. The van der Waals surface area contributed by atoms with Gasteiger partial charge in [0.25, 0.3) is 6.33 Å². The molecule has 0 aliphatic carbocycles. The smallest absolute Gasteiger partial charge is 0.269 e. The summed E-state index contributed by atoms with van der Waals surface area (Å²) in [7, 11) is 0. The minimum Gasteiger partial charge on any atom is -0.458 e. The average Bonchev–Trinajstić information content (AvgIpc) is 1.21. The summed E-state index contributed by atoms with van der Waals surface area (Å²) in [6.07, 6.45) is 5.13. The SMILES string of the molecule is [2H]c1c([2H])c([2H])c(-c2cc3c4c(c2)n(-c2cccc(Oc5ccc6c7ccccc7n(-c7cc(C(C)(C)C)ccn7)c6c5)c2)[c-][n+]4-c2c(-c4c(C([2H])([2H])[2H])cccc4C([2H])([2H])[2H])cc(-c4c(C([2H])([2H])[2H])cccc4C([2H])([2H])[2H])cc2-c2c([2H])c([2H])c([2H])c([2H])c2-c2c([2H])c([2H])c([2H])c([2H])c2-3)c([2H])c1[2H]. The Morgan fingerprint density at radius 3 is 1.81 bits per heavy atom. The van der Waals surface area contributed by atoms with E-state index in [1.54, 1.807) is 36.5 Å². The molecule has 0 radical (unpaired) electrons. The number of aromatic nitrogens is 4. The maximum atomic E-state index is 10.2. The summed E-state index contributed by atoms with van der Waals surface area (Å²) >= 11 is 0. The molecule has 0 fully saturated rings. The van der Waals surface area contributed by atoms with Crippen LogP contribution in [0.3, 0.4) is 0 Å². The van der Waals surface area contributed by atoms with Gasteiger partial charge in [-0.25, -0.2) is 4.98 Å². The molecule has 380 valence electrons. The van der Waals surface area contributed by atoms with Gasteiger partial charge in [-0.1, -0.05) is 166 Å². The van der Waals surface area contributed by atoms with Crippen LogP contribution in [-0.2, 0) is 5.41 Å². The average molecular weight is 1040 g/mol. The molecule has 4 heterocycles. The predicted molar refractivity (Wildman–Crippen MR) is 326 cm³/mol. The second-order valence-electron chi connectivity index (χ2n) is 20.3. The van der Waals surface area contributed by atoms with E-state index in [4.69, 9.17) is 30.3 Å². The van der Waals surface area contributed by atoms with Crippen LogP contribution in [0.5, 0.6) is 11.5 Å². The number of para-hydroxylation sites is 1. The largest absolute Gasteiger partial charge is 0.458 e. The molecule has 13 aromatic rings. The van der Waals surface area contributed by atoms with Crippen molar-refractivity contribution < 1.29 is 43.6 Å². The van der Waals surface area contributed by atoms with Crippen molar-refractivity contribution in [2.75, 3.05) is 0 Å². The molecule has 5 heteroatoms. The van der Waals surface area contributed by atoms with Gasteiger partial charge in [-0.2, -0.15) is 0 Å². The third-order valence-corrected chi connectivity index (χ3v) is 14.5. The number of ether oxygens (including phenoxy) is 1. The van der Waals surface area contributed by atoms with Crippen LogP contribution >= 0.6 is 0 Å². The zero-order valence-electron chi connectivity index (χ0n) is 67.6. The minimum absolute atomic E-state index is 0.0835. The van der Waals surface area contributed by atoms with Crippen LogP contribution in [0.15, 0.2) is 224 Å². The van der Waals surface area contributed by atoms with Crippen molar-refractivity contribution in [3.05, 3.63) is 258 Å². The van der Waals surface area contributed by atoms with Gasteiger partial charge in [0.05, 0.1) is 51.3 Å². The molecule has 0 atom stereocenters. The van der Waals surface area contributed by atoms with Crippen molar-refractivity contribution in [1.82, 2.24) is 14.1 Å². The lowest BCUT2D eigenvalue weighted by Crippen LogP contribution is -2.32. The number of hydrogen-bond acceptors (Lipinski definition) is 2. The summed E-state index contributed by atoms with van der Waals surface area (Å²) < 4.78 is 243. The Morgan fingerprint density at radius 1 is 0.494 bits per heavy atom. The fraction of sp³-hybridized carbons (Fsp3) is 0.108. The Labute approximate surface area is 497 Å². The molecular weight excluding hydrogens is 961 g/mol. The lowest BCUT2D eigenvalue weighted by atomic mass is 9.84. The molecule has 79 heavy (non-hydrogen) atoms. The molecule has 0 spiro atoms. The second kappa shape index (κ2) is 18.6. The first-order valence-electron chi connectivity index (χ1n) is 37.8. The van der Waals surface area contributed by atoms with Crippen LogP contribution in [0.2, 0.25) is 0 Å². The Morgan fingerprint density at radius 2 is 1.10 bits per heavy atom. The van der Waals surface area contributed by atoms with Gasteiger partial charge >= 0.3 is 0 Å². The topological polar surface area (TPSA) is 35.9 Å². The van der Waals surface area contributed by atoms with Gasteiger partial charge in [-0.15, -0.1) is 0 Å². The summed E-state index contributed by atoms with van der Waals surface area (Å²) in [5.74, 6) is 1.18. The lowest BCUT2D eigenvalue weighted by molar-refractivity contribution is -0.570. The first-order chi connectivity index (χ1) is 48.7. The van der Waals surface area contributed by atoms with Crippen LogP contribution in [0.4, 0.5) is 0 Å². The molecular formula is C74H58N4O. The van der Waals surface area contributed by atoms with E-state index in [1.165, 1.54) is 45.5 Å². The summed E-state index contributed by atoms with van der Waals surface area (Å²) in [6, 6.07) is 25.0. The summed E-state index contributed by atoms with van der Waals surface area (Å²) in [6.45, 7) is -6.46. The third-order valence-electron chi connectivity index (χ3n) is 14.5. The highest BCUT2D eigenvalue weighted by Crippen LogP contribution is 2.49. The van der Waals surface area contributed by atoms with Crippen molar-refractivity contribution >= 4 is 32.8 Å². The zero-order valence-corrected chi connectivity index (χ0v) is 42.6. The number of fused-ring (bicyclic) bond motifs is 10. The van der Waals surface area contributed by atoms with Crippen molar-refractivity contribution in [1.29, 1.82) is 0 Å². The predicted octanol–water partition coefficient (Wildman–Crippen LogP) is 18.8. The van der Waals surface area contributed by atoms with Gasteiger partial charge < -0.3 is 4.74 Å². The standard InChI is InChI=1S/C74H58N4O/c1-46-20-17-21-47(2)70(46)52-39-63-59-30-13-11-28-57(59)58-29-12-14-31-60(58)64-38-51(50-24-9-8-10-25-50)41-68-73(64)77(72(63)65(40-52)71-48(3)22-18-23-49(71)4)45-76(68)54-26-19-27-55(43-54)79-56-34-35-62-61-32-15-16-33-66(61)78(67(62)44-56)69-42-53(36-37-75-69)74(5,6)7/h8-44H,1-7H3/i1D3,2D3,3D3,4D3,8D,9D,10D,11D,12D,13D,14D,24D,25D,28D,29D,30D,31D. The molecule has 1 aliphatic heterocycles. The van der Waals surface area contributed by atoms with E-state index in [2.05, 4.69) is 27.1 Å². The van der Waals surface area contributed by atoms with Crippen LogP contribution in [-0.4, -0.2) is 14.1 Å². The minimum atomic E-state index is -3.24. The highest BCUT2D eigenvalue weighted by Gasteiger charge is 2.29. The van der Waals surface area contributed by atoms with Crippen LogP contribution in [0.25, 0.3) is 117 Å². The number of rotatable bonds is 7. The highest BCUT2D eigenvalue weighted by molar-refractivity contribution is 6.10. The molecule has 10 aromatic carbocycles. The number of hydrogen-bond donors (Lipinski definition) is 0. The van der Waals surface area contributed by atoms with Crippen molar-refractivity contribution in [3.8, 4) is 95.5 Å². The number of imidazole rings is 1. The molecule has 5 nitrogen and oxygen atoms in total. The number of aryl methyl sites for hydroxylation is 4. The molecule has 0 amide bonds. The molecule has 0 unspecified atom stereocenters. The monoisotopic (exact) mass is 1040 g/mol. The Balaban J connectivity index is 1.19. The van der Waals surface area contributed by atoms with Crippen molar-refractivity contribution in [2.24, 2.45) is 0 Å². The summed E-state index contributed by atoms with van der Waals surface area (Å²) in [4.78, 5) is 4.83. The summed E-state index contributed by atoms with van der Waals surface area (Å²) in [5.41, 5.74) is -6.06. The normalized spacial score (nSPS) is 17.2. The summed E-state index contributed by atoms with van der Waals surface area (Å²) in [5, 5.41) is 1.81. The highest BCUT2D eigenvalue weighted by atomic mass is 16.5. The van der Waals surface area contributed by atoms with Gasteiger partial charge in [0, 0.05) is 39.5 Å². The van der Waals surface area contributed by atoms with E-state index in [-0.39, 0.29) is 44.6 Å². The van der Waals surface area contributed by atoms with E-state index in [9.17, 15) is 13.7 Å². The van der Waals surface area contributed by atoms with E-state index < -0.39 is 184 Å². The molecule has 1 aliphatic rings. The molecule has 0 bridgehead atoms.